The summed E-state index contributed by atoms with van der Waals surface area (Å²) in [6.45, 7) is 2.92. The highest BCUT2D eigenvalue weighted by Gasteiger charge is 2.22. The molecule has 3 rings (SSSR count). The molecule has 1 aliphatic heterocycles. The topological polar surface area (TPSA) is 42.0 Å². The first-order valence-corrected chi connectivity index (χ1v) is 8.62. The first-order chi connectivity index (χ1) is 12.5. The van der Waals surface area contributed by atoms with Gasteiger partial charge in [0, 0.05) is 36.9 Å². The van der Waals surface area contributed by atoms with Crippen molar-refractivity contribution in [3.63, 3.8) is 0 Å². The van der Waals surface area contributed by atoms with Gasteiger partial charge in [-0.2, -0.15) is 0 Å². The molecule has 0 atom stereocenters. The molecule has 0 bridgehead atoms. The standard InChI is InChI=1S/C19H20ClFN2O3/c1-25-18-6-3-13(20)11-17(18)23-9-7-22(8-10-23)14-4-5-15(16(21)12-14)19(24)26-2/h3-6,11-12H,7-10H2,1-2H3. The van der Waals surface area contributed by atoms with Gasteiger partial charge in [0.25, 0.3) is 0 Å². The van der Waals surface area contributed by atoms with Crippen LogP contribution in [0.5, 0.6) is 5.75 Å². The van der Waals surface area contributed by atoms with Crippen LogP contribution in [0.25, 0.3) is 0 Å². The number of carbonyl (C=O) groups is 1. The average Bonchev–Trinajstić information content (AvgIpc) is 2.67. The van der Waals surface area contributed by atoms with E-state index in [1.165, 1.54) is 19.2 Å². The van der Waals surface area contributed by atoms with Gasteiger partial charge in [0.05, 0.1) is 25.5 Å². The zero-order valence-electron chi connectivity index (χ0n) is 14.7. The number of hydrogen-bond donors (Lipinski definition) is 0. The normalized spacial score (nSPS) is 14.3. The Kier molecular flexibility index (Phi) is 5.52. The van der Waals surface area contributed by atoms with Crippen molar-refractivity contribution < 1.29 is 18.7 Å². The lowest BCUT2D eigenvalue weighted by Gasteiger charge is -2.38. The fourth-order valence-corrected chi connectivity index (χ4v) is 3.26. The van der Waals surface area contributed by atoms with E-state index in [1.807, 2.05) is 12.1 Å². The highest BCUT2D eigenvalue weighted by atomic mass is 35.5. The minimum absolute atomic E-state index is 0.0569. The largest absolute Gasteiger partial charge is 0.495 e. The summed E-state index contributed by atoms with van der Waals surface area (Å²) in [7, 11) is 2.87. The zero-order valence-corrected chi connectivity index (χ0v) is 15.4. The van der Waals surface area contributed by atoms with Crippen LogP contribution in [-0.4, -0.2) is 46.4 Å². The molecule has 0 aromatic heterocycles. The van der Waals surface area contributed by atoms with Crippen molar-refractivity contribution in [1.29, 1.82) is 0 Å². The molecule has 7 heteroatoms. The van der Waals surface area contributed by atoms with E-state index >= 15 is 0 Å². The van der Waals surface area contributed by atoms with Crippen molar-refractivity contribution in [1.82, 2.24) is 0 Å². The summed E-state index contributed by atoms with van der Waals surface area (Å²) in [4.78, 5) is 15.8. The van der Waals surface area contributed by atoms with Crippen molar-refractivity contribution in [2.75, 3.05) is 50.2 Å². The van der Waals surface area contributed by atoms with E-state index in [0.717, 1.165) is 30.2 Å². The Bertz CT molecular complexity index is 807. The van der Waals surface area contributed by atoms with Gasteiger partial charge >= 0.3 is 5.97 Å². The van der Waals surface area contributed by atoms with Crippen LogP contribution in [0.1, 0.15) is 10.4 Å². The van der Waals surface area contributed by atoms with Crippen LogP contribution in [0.15, 0.2) is 36.4 Å². The summed E-state index contributed by atoms with van der Waals surface area (Å²) in [5, 5.41) is 0.656. The second-order valence-electron chi connectivity index (χ2n) is 5.95. The van der Waals surface area contributed by atoms with Crippen LogP contribution in [0, 0.1) is 5.82 Å². The van der Waals surface area contributed by atoms with E-state index < -0.39 is 11.8 Å². The molecule has 2 aromatic rings. The molecule has 5 nitrogen and oxygen atoms in total. The third-order valence-electron chi connectivity index (χ3n) is 4.48. The molecule has 0 saturated carbocycles. The van der Waals surface area contributed by atoms with E-state index in [0.29, 0.717) is 18.1 Å². The Morgan fingerprint density at radius 2 is 1.73 bits per heavy atom. The number of hydrogen-bond acceptors (Lipinski definition) is 5. The molecular weight excluding hydrogens is 359 g/mol. The maximum absolute atomic E-state index is 14.2. The van der Waals surface area contributed by atoms with Crippen molar-refractivity contribution in [3.8, 4) is 5.75 Å². The zero-order chi connectivity index (χ0) is 18.7. The van der Waals surface area contributed by atoms with E-state index in [4.69, 9.17) is 16.3 Å². The van der Waals surface area contributed by atoms with Gasteiger partial charge in [-0.15, -0.1) is 0 Å². The smallest absolute Gasteiger partial charge is 0.340 e. The molecule has 1 saturated heterocycles. The number of nitrogens with zero attached hydrogens (tertiary/aromatic N) is 2. The van der Waals surface area contributed by atoms with E-state index in [-0.39, 0.29) is 5.56 Å². The van der Waals surface area contributed by atoms with Gasteiger partial charge in [-0.05, 0) is 36.4 Å². The van der Waals surface area contributed by atoms with Crippen molar-refractivity contribution in [2.24, 2.45) is 0 Å². The minimum Gasteiger partial charge on any atom is -0.495 e. The van der Waals surface area contributed by atoms with Crippen LogP contribution in [0.4, 0.5) is 15.8 Å². The molecule has 1 aliphatic rings. The fourth-order valence-electron chi connectivity index (χ4n) is 3.09. The maximum Gasteiger partial charge on any atom is 0.340 e. The predicted molar refractivity (Wildman–Crippen MR) is 100 cm³/mol. The Labute approximate surface area is 156 Å². The Morgan fingerprint density at radius 3 is 2.35 bits per heavy atom. The maximum atomic E-state index is 14.2. The number of esters is 1. The highest BCUT2D eigenvalue weighted by Crippen LogP contribution is 2.32. The molecule has 138 valence electrons. The van der Waals surface area contributed by atoms with E-state index in [9.17, 15) is 9.18 Å². The Balaban J connectivity index is 1.72. The number of carbonyl (C=O) groups excluding carboxylic acids is 1. The van der Waals surface area contributed by atoms with Gasteiger partial charge in [-0.1, -0.05) is 11.6 Å². The third-order valence-corrected chi connectivity index (χ3v) is 4.72. The molecule has 0 spiro atoms. The fraction of sp³-hybridized carbons (Fsp3) is 0.316. The van der Waals surface area contributed by atoms with E-state index in [2.05, 4.69) is 14.5 Å². The van der Waals surface area contributed by atoms with Crippen molar-refractivity contribution >= 4 is 28.9 Å². The second kappa shape index (κ2) is 7.83. The lowest BCUT2D eigenvalue weighted by atomic mass is 10.1. The lowest BCUT2D eigenvalue weighted by Crippen LogP contribution is -2.46. The highest BCUT2D eigenvalue weighted by molar-refractivity contribution is 6.30. The van der Waals surface area contributed by atoms with Crippen molar-refractivity contribution in [2.45, 2.75) is 0 Å². The average molecular weight is 379 g/mol. The second-order valence-corrected chi connectivity index (χ2v) is 6.38. The molecule has 0 N–H and O–H groups in total. The first-order valence-electron chi connectivity index (χ1n) is 8.25. The molecule has 26 heavy (non-hydrogen) atoms. The van der Waals surface area contributed by atoms with E-state index in [1.54, 1.807) is 19.2 Å². The summed E-state index contributed by atoms with van der Waals surface area (Å²) in [6, 6.07) is 10.1. The van der Waals surface area contributed by atoms with Gasteiger partial charge < -0.3 is 19.3 Å². The molecule has 0 radical (unpaired) electrons. The number of anilines is 2. The SMILES string of the molecule is COC(=O)c1ccc(N2CCN(c3cc(Cl)ccc3OC)CC2)cc1F. The number of halogens is 2. The lowest BCUT2D eigenvalue weighted by molar-refractivity contribution is 0.0595. The van der Waals surface area contributed by atoms with Crippen LogP contribution >= 0.6 is 11.6 Å². The summed E-state index contributed by atoms with van der Waals surface area (Å²) in [6.07, 6.45) is 0. The van der Waals surface area contributed by atoms with Gasteiger partial charge in [0.2, 0.25) is 0 Å². The van der Waals surface area contributed by atoms with Crippen molar-refractivity contribution in [3.05, 3.63) is 52.8 Å². The van der Waals surface area contributed by atoms with Gasteiger partial charge in [0.15, 0.2) is 0 Å². The molecule has 1 heterocycles. The molecule has 2 aromatic carbocycles. The van der Waals surface area contributed by atoms with Crippen LogP contribution < -0.4 is 14.5 Å². The minimum atomic E-state index is -0.674. The van der Waals surface area contributed by atoms with Crippen LogP contribution in [-0.2, 0) is 4.74 Å². The quantitative estimate of drug-likeness (QED) is 0.760. The summed E-state index contributed by atoms with van der Waals surface area (Å²) < 4.78 is 24.2. The number of benzene rings is 2. The number of ether oxygens (including phenoxy) is 2. The summed E-state index contributed by atoms with van der Waals surface area (Å²) in [5.41, 5.74) is 1.64. The van der Waals surface area contributed by atoms with Gasteiger partial charge in [-0.3, -0.25) is 0 Å². The number of rotatable bonds is 4. The third kappa shape index (κ3) is 3.70. The Hall–Kier alpha value is -2.47. The van der Waals surface area contributed by atoms with Crippen LogP contribution in [0.3, 0.4) is 0 Å². The first kappa shape index (κ1) is 18.3. The van der Waals surface area contributed by atoms with Crippen LogP contribution in [0.2, 0.25) is 5.02 Å². The number of methoxy groups -OCH3 is 2. The van der Waals surface area contributed by atoms with Gasteiger partial charge in [-0.25, -0.2) is 9.18 Å². The van der Waals surface area contributed by atoms with Gasteiger partial charge in [0.1, 0.15) is 11.6 Å². The predicted octanol–water partition coefficient (Wildman–Crippen LogP) is 3.60. The molecular formula is C19H20ClFN2O3. The molecule has 0 amide bonds. The molecule has 0 unspecified atom stereocenters. The summed E-state index contributed by atoms with van der Waals surface area (Å²) in [5.74, 6) is -0.475. The molecule has 1 fully saturated rings. The Morgan fingerprint density at radius 1 is 1.04 bits per heavy atom. The monoisotopic (exact) mass is 378 g/mol. The summed E-state index contributed by atoms with van der Waals surface area (Å²) >= 11 is 6.12. The number of piperazine rings is 1. The molecule has 0 aliphatic carbocycles.